The van der Waals surface area contributed by atoms with E-state index < -0.39 is 0 Å². The SMILES string of the molecule is NC(=O)C1CCN(C(=O)C2CCCCCC2N)C1. The lowest BCUT2D eigenvalue weighted by Crippen LogP contribution is -2.43. The van der Waals surface area contributed by atoms with E-state index in [1.165, 1.54) is 6.42 Å². The van der Waals surface area contributed by atoms with E-state index in [1.807, 2.05) is 0 Å². The molecule has 102 valence electrons. The highest BCUT2D eigenvalue weighted by molar-refractivity contribution is 5.82. The molecule has 2 fully saturated rings. The normalized spacial score (nSPS) is 33.2. The molecule has 0 spiro atoms. The van der Waals surface area contributed by atoms with Gasteiger partial charge < -0.3 is 16.4 Å². The van der Waals surface area contributed by atoms with Gasteiger partial charge in [0.1, 0.15) is 0 Å². The molecule has 5 heteroatoms. The summed E-state index contributed by atoms with van der Waals surface area (Å²) in [6.45, 7) is 1.13. The summed E-state index contributed by atoms with van der Waals surface area (Å²) in [5.41, 5.74) is 11.4. The van der Waals surface area contributed by atoms with Crippen molar-refractivity contribution in [1.29, 1.82) is 0 Å². The van der Waals surface area contributed by atoms with Gasteiger partial charge >= 0.3 is 0 Å². The third kappa shape index (κ3) is 2.83. The molecule has 0 aromatic heterocycles. The zero-order chi connectivity index (χ0) is 13.1. The fourth-order valence-electron chi connectivity index (χ4n) is 3.07. The van der Waals surface area contributed by atoms with Gasteiger partial charge in [0.25, 0.3) is 0 Å². The Kier molecular flexibility index (Phi) is 4.22. The molecule has 3 atom stereocenters. The van der Waals surface area contributed by atoms with Crippen LogP contribution in [0.3, 0.4) is 0 Å². The van der Waals surface area contributed by atoms with Crippen molar-refractivity contribution in [3.05, 3.63) is 0 Å². The van der Waals surface area contributed by atoms with E-state index >= 15 is 0 Å². The monoisotopic (exact) mass is 253 g/mol. The first-order valence-electron chi connectivity index (χ1n) is 6.93. The fraction of sp³-hybridized carbons (Fsp3) is 0.846. The van der Waals surface area contributed by atoms with E-state index in [2.05, 4.69) is 0 Å². The summed E-state index contributed by atoms with van der Waals surface area (Å²) in [7, 11) is 0. The van der Waals surface area contributed by atoms with Crippen molar-refractivity contribution in [3.8, 4) is 0 Å². The van der Waals surface area contributed by atoms with E-state index in [1.54, 1.807) is 4.90 Å². The molecule has 0 radical (unpaired) electrons. The molecule has 0 aromatic rings. The smallest absolute Gasteiger partial charge is 0.227 e. The van der Waals surface area contributed by atoms with Crippen LogP contribution in [0.2, 0.25) is 0 Å². The Morgan fingerprint density at radius 1 is 1.06 bits per heavy atom. The quantitative estimate of drug-likeness (QED) is 0.690. The van der Waals surface area contributed by atoms with Crippen molar-refractivity contribution in [1.82, 2.24) is 4.90 Å². The Morgan fingerprint density at radius 2 is 1.78 bits per heavy atom. The molecule has 2 amide bonds. The maximum Gasteiger partial charge on any atom is 0.227 e. The van der Waals surface area contributed by atoms with Gasteiger partial charge in [0, 0.05) is 19.1 Å². The van der Waals surface area contributed by atoms with Crippen molar-refractivity contribution >= 4 is 11.8 Å². The Labute approximate surface area is 108 Å². The second-order valence-corrected chi connectivity index (χ2v) is 5.58. The van der Waals surface area contributed by atoms with Crippen LogP contribution in [-0.4, -0.2) is 35.8 Å². The number of nitrogens with two attached hydrogens (primary N) is 2. The summed E-state index contributed by atoms with van der Waals surface area (Å²) in [6.07, 6.45) is 5.89. The van der Waals surface area contributed by atoms with Crippen LogP contribution in [0.15, 0.2) is 0 Å². The van der Waals surface area contributed by atoms with Crippen LogP contribution in [0.5, 0.6) is 0 Å². The van der Waals surface area contributed by atoms with E-state index in [4.69, 9.17) is 11.5 Å². The summed E-state index contributed by atoms with van der Waals surface area (Å²) < 4.78 is 0. The maximum absolute atomic E-state index is 12.4. The van der Waals surface area contributed by atoms with Crippen molar-refractivity contribution in [3.63, 3.8) is 0 Å². The summed E-state index contributed by atoms with van der Waals surface area (Å²) in [5, 5.41) is 0. The standard InChI is InChI=1S/C13H23N3O2/c14-11-5-3-1-2-4-10(11)13(18)16-7-6-9(8-16)12(15)17/h9-11H,1-8,14H2,(H2,15,17). The van der Waals surface area contributed by atoms with Gasteiger partial charge in [0.05, 0.1) is 11.8 Å². The average Bonchev–Trinajstić information content (AvgIpc) is 2.73. The van der Waals surface area contributed by atoms with Gasteiger partial charge in [-0.3, -0.25) is 9.59 Å². The number of carbonyl (C=O) groups excluding carboxylic acids is 2. The van der Waals surface area contributed by atoms with E-state index in [9.17, 15) is 9.59 Å². The molecule has 2 aliphatic rings. The van der Waals surface area contributed by atoms with Crippen molar-refractivity contribution < 1.29 is 9.59 Å². The maximum atomic E-state index is 12.4. The molecule has 1 aliphatic carbocycles. The summed E-state index contributed by atoms with van der Waals surface area (Å²) >= 11 is 0. The van der Waals surface area contributed by atoms with Crippen LogP contribution in [0.1, 0.15) is 38.5 Å². The predicted molar refractivity (Wildman–Crippen MR) is 68.4 cm³/mol. The Bertz CT molecular complexity index is 332. The van der Waals surface area contributed by atoms with Crippen LogP contribution >= 0.6 is 0 Å². The highest BCUT2D eigenvalue weighted by Crippen LogP contribution is 2.26. The molecule has 18 heavy (non-hydrogen) atoms. The van der Waals surface area contributed by atoms with Gasteiger partial charge in [-0.1, -0.05) is 19.3 Å². The predicted octanol–water partition coefficient (Wildman–Crippen LogP) is 0.228. The first kappa shape index (κ1) is 13.3. The minimum absolute atomic E-state index is 0.0207. The van der Waals surface area contributed by atoms with Gasteiger partial charge in [-0.25, -0.2) is 0 Å². The van der Waals surface area contributed by atoms with Gasteiger partial charge in [-0.15, -0.1) is 0 Å². The van der Waals surface area contributed by atoms with Gasteiger partial charge in [-0.2, -0.15) is 0 Å². The number of amides is 2. The Balaban J connectivity index is 1.96. The fourth-order valence-corrected chi connectivity index (χ4v) is 3.07. The van der Waals surface area contributed by atoms with Gasteiger partial charge in [-0.05, 0) is 19.3 Å². The molecule has 0 bridgehead atoms. The number of primary amides is 1. The molecule has 1 saturated carbocycles. The molecular weight excluding hydrogens is 230 g/mol. The van der Waals surface area contributed by atoms with Crippen LogP contribution in [0.4, 0.5) is 0 Å². The first-order valence-corrected chi connectivity index (χ1v) is 6.93. The van der Waals surface area contributed by atoms with E-state index in [-0.39, 0.29) is 29.7 Å². The average molecular weight is 253 g/mol. The number of hydrogen-bond donors (Lipinski definition) is 2. The third-order valence-electron chi connectivity index (χ3n) is 4.29. The van der Waals surface area contributed by atoms with Crippen LogP contribution in [0, 0.1) is 11.8 Å². The highest BCUT2D eigenvalue weighted by Gasteiger charge is 2.35. The number of rotatable bonds is 2. The lowest BCUT2D eigenvalue weighted by Gasteiger charge is -2.26. The van der Waals surface area contributed by atoms with Crippen LogP contribution < -0.4 is 11.5 Å². The zero-order valence-electron chi connectivity index (χ0n) is 10.8. The zero-order valence-corrected chi connectivity index (χ0v) is 10.8. The molecule has 2 rings (SSSR count). The third-order valence-corrected chi connectivity index (χ3v) is 4.29. The van der Waals surface area contributed by atoms with Crippen molar-refractivity contribution in [2.75, 3.05) is 13.1 Å². The number of carbonyl (C=O) groups is 2. The summed E-state index contributed by atoms with van der Waals surface area (Å²) in [5.74, 6) is -0.390. The minimum atomic E-state index is -0.296. The highest BCUT2D eigenvalue weighted by atomic mass is 16.2. The molecule has 1 aliphatic heterocycles. The largest absolute Gasteiger partial charge is 0.369 e. The van der Waals surface area contributed by atoms with Crippen LogP contribution in [0.25, 0.3) is 0 Å². The molecule has 4 N–H and O–H groups in total. The second kappa shape index (κ2) is 5.69. The first-order chi connectivity index (χ1) is 8.59. The topological polar surface area (TPSA) is 89.4 Å². The number of hydrogen-bond acceptors (Lipinski definition) is 3. The summed E-state index contributed by atoms with van der Waals surface area (Å²) in [4.78, 5) is 25.3. The molecule has 3 unspecified atom stereocenters. The van der Waals surface area contributed by atoms with E-state index in [0.29, 0.717) is 19.5 Å². The lowest BCUT2D eigenvalue weighted by molar-refractivity contribution is -0.135. The Morgan fingerprint density at radius 3 is 2.44 bits per heavy atom. The molecule has 5 nitrogen and oxygen atoms in total. The molecular formula is C13H23N3O2. The Hall–Kier alpha value is -1.10. The van der Waals surface area contributed by atoms with Crippen LogP contribution in [-0.2, 0) is 9.59 Å². The van der Waals surface area contributed by atoms with Crippen molar-refractivity contribution in [2.24, 2.45) is 23.3 Å². The van der Waals surface area contributed by atoms with Gasteiger partial charge in [0.2, 0.25) is 11.8 Å². The lowest BCUT2D eigenvalue weighted by atomic mass is 9.94. The minimum Gasteiger partial charge on any atom is -0.369 e. The number of likely N-dealkylation sites (tertiary alicyclic amines) is 1. The van der Waals surface area contributed by atoms with Gasteiger partial charge in [0.15, 0.2) is 0 Å². The molecule has 0 aromatic carbocycles. The second-order valence-electron chi connectivity index (χ2n) is 5.58. The molecule has 1 saturated heterocycles. The summed E-state index contributed by atoms with van der Waals surface area (Å²) in [6, 6.07) is -0.0207. The number of nitrogens with zero attached hydrogens (tertiary/aromatic N) is 1. The molecule has 1 heterocycles. The van der Waals surface area contributed by atoms with Crippen molar-refractivity contribution in [2.45, 2.75) is 44.6 Å². The van der Waals surface area contributed by atoms with E-state index in [0.717, 1.165) is 25.7 Å².